The van der Waals surface area contributed by atoms with Crippen molar-refractivity contribution < 1.29 is 38.6 Å². The van der Waals surface area contributed by atoms with Gasteiger partial charge >= 0.3 is 21.2 Å². The summed E-state index contributed by atoms with van der Waals surface area (Å²) in [6.45, 7) is 9.37. The van der Waals surface area contributed by atoms with Crippen LogP contribution in [0, 0.1) is 5.92 Å². The summed E-state index contributed by atoms with van der Waals surface area (Å²) >= 11 is 0. The van der Waals surface area contributed by atoms with Crippen LogP contribution in [0.5, 0.6) is 0 Å². The van der Waals surface area contributed by atoms with Gasteiger partial charge in [0, 0.05) is 0 Å². The Balaban J connectivity index is 6.35. The third kappa shape index (κ3) is 5.14. The number of aliphatic carboxylic acids is 1. The molecule has 0 aromatic carbocycles. The standard InChI is InChI=1S/C11H21NO8P2/c1-5-8(21(15,16)17)12(9(6-2)22(18,19)20)10(7(3)4)11(13)14/h5-10H,1-2H2,3-4H3,(H,13,14)(H2,15,16,17)(H2,18,19,20). The molecule has 11 heteroatoms. The Morgan fingerprint density at radius 3 is 1.45 bits per heavy atom. The Kier molecular flexibility index (Phi) is 7.38. The lowest BCUT2D eigenvalue weighted by Gasteiger charge is -2.40. The average Bonchev–Trinajstić information content (AvgIpc) is 2.25. The lowest BCUT2D eigenvalue weighted by molar-refractivity contribution is -0.145. The van der Waals surface area contributed by atoms with Crippen LogP contribution in [-0.2, 0) is 13.9 Å². The molecule has 0 amide bonds. The molecule has 0 bridgehead atoms. The first-order chi connectivity index (χ1) is 9.78. The fourth-order valence-corrected chi connectivity index (χ4v) is 4.03. The molecular weight excluding hydrogens is 336 g/mol. The first kappa shape index (κ1) is 21.2. The fourth-order valence-electron chi connectivity index (χ4n) is 2.11. The van der Waals surface area contributed by atoms with E-state index in [4.69, 9.17) is 0 Å². The molecule has 5 N–H and O–H groups in total. The van der Waals surface area contributed by atoms with Crippen molar-refractivity contribution in [3.8, 4) is 0 Å². The number of carboxylic acid groups (broad SMARTS) is 1. The second-order valence-electron chi connectivity index (χ2n) is 4.95. The zero-order valence-electron chi connectivity index (χ0n) is 12.2. The van der Waals surface area contributed by atoms with Crippen molar-refractivity contribution in [3.05, 3.63) is 25.3 Å². The highest BCUT2D eigenvalue weighted by atomic mass is 31.2. The zero-order chi connectivity index (χ0) is 17.9. The van der Waals surface area contributed by atoms with Gasteiger partial charge in [-0.3, -0.25) is 18.8 Å². The van der Waals surface area contributed by atoms with E-state index in [1.165, 1.54) is 13.8 Å². The molecular formula is C11H21NO8P2. The first-order valence-electron chi connectivity index (χ1n) is 6.14. The van der Waals surface area contributed by atoms with Crippen LogP contribution in [0.2, 0.25) is 0 Å². The first-order valence-corrected chi connectivity index (χ1v) is 9.51. The number of hydrogen-bond acceptors (Lipinski definition) is 4. The van der Waals surface area contributed by atoms with Crippen LogP contribution in [0.4, 0.5) is 0 Å². The molecule has 0 aliphatic carbocycles. The van der Waals surface area contributed by atoms with Gasteiger partial charge in [-0.05, 0) is 5.92 Å². The number of rotatable bonds is 9. The van der Waals surface area contributed by atoms with Gasteiger partial charge in [0.1, 0.15) is 17.6 Å². The molecule has 0 saturated carbocycles. The van der Waals surface area contributed by atoms with Gasteiger partial charge in [-0.2, -0.15) is 0 Å². The van der Waals surface area contributed by atoms with Crippen molar-refractivity contribution in [2.75, 3.05) is 0 Å². The van der Waals surface area contributed by atoms with E-state index in [1.54, 1.807) is 0 Å². The van der Waals surface area contributed by atoms with Crippen LogP contribution in [-0.4, -0.2) is 53.2 Å². The fraction of sp³-hybridized carbons (Fsp3) is 0.545. The third-order valence-electron chi connectivity index (χ3n) is 2.93. The minimum Gasteiger partial charge on any atom is -0.480 e. The Bertz CT molecular complexity index is 488. The van der Waals surface area contributed by atoms with E-state index in [2.05, 4.69) is 13.2 Å². The molecule has 0 saturated heterocycles. The van der Waals surface area contributed by atoms with Crippen LogP contribution in [0.15, 0.2) is 25.3 Å². The minimum atomic E-state index is -4.95. The molecule has 0 heterocycles. The van der Waals surface area contributed by atoms with Crippen LogP contribution >= 0.6 is 15.2 Å². The van der Waals surface area contributed by atoms with E-state index in [9.17, 15) is 38.6 Å². The molecule has 0 rings (SSSR count). The lowest BCUT2D eigenvalue weighted by atomic mass is 10.0. The second-order valence-corrected chi connectivity index (χ2v) is 8.37. The monoisotopic (exact) mass is 357 g/mol. The lowest BCUT2D eigenvalue weighted by Crippen LogP contribution is -2.53. The summed E-state index contributed by atoms with van der Waals surface area (Å²) < 4.78 is 23.2. The van der Waals surface area contributed by atoms with Gasteiger partial charge in [0.05, 0.1) is 0 Å². The summed E-state index contributed by atoms with van der Waals surface area (Å²) in [4.78, 5) is 49.6. The Hall–Kier alpha value is -0.790. The van der Waals surface area contributed by atoms with E-state index in [1.807, 2.05) is 0 Å². The second kappa shape index (κ2) is 7.66. The Morgan fingerprint density at radius 1 is 1.00 bits per heavy atom. The van der Waals surface area contributed by atoms with Gasteiger partial charge in [0.25, 0.3) is 0 Å². The van der Waals surface area contributed by atoms with Gasteiger partial charge in [-0.1, -0.05) is 26.0 Å². The quantitative estimate of drug-likeness (QED) is 0.297. The predicted octanol–water partition coefficient (Wildman–Crippen LogP) is 0.777. The molecule has 9 nitrogen and oxygen atoms in total. The van der Waals surface area contributed by atoms with Crippen molar-refractivity contribution >= 4 is 21.2 Å². The van der Waals surface area contributed by atoms with Crippen molar-refractivity contribution in [1.82, 2.24) is 4.90 Å². The van der Waals surface area contributed by atoms with Crippen molar-refractivity contribution in [2.24, 2.45) is 5.92 Å². The van der Waals surface area contributed by atoms with Gasteiger partial charge < -0.3 is 24.7 Å². The number of carboxylic acids is 1. The molecule has 0 aliphatic heterocycles. The van der Waals surface area contributed by atoms with Gasteiger partial charge in [0.15, 0.2) is 0 Å². The Morgan fingerprint density at radius 2 is 1.32 bits per heavy atom. The average molecular weight is 357 g/mol. The highest BCUT2D eigenvalue weighted by Crippen LogP contribution is 2.52. The summed E-state index contributed by atoms with van der Waals surface area (Å²) in [5, 5.41) is 9.32. The van der Waals surface area contributed by atoms with E-state index in [-0.39, 0.29) is 0 Å². The molecule has 3 atom stereocenters. The summed E-state index contributed by atoms with van der Waals surface area (Å²) in [5.41, 5.74) is 0. The molecule has 0 fully saturated rings. The van der Waals surface area contributed by atoms with E-state index < -0.39 is 44.7 Å². The van der Waals surface area contributed by atoms with Gasteiger partial charge in [0.2, 0.25) is 0 Å². The third-order valence-corrected chi connectivity index (χ3v) is 5.26. The number of nitrogens with zero attached hydrogens (tertiary/aromatic N) is 1. The maximum atomic E-state index is 11.6. The largest absolute Gasteiger partial charge is 0.480 e. The highest BCUT2D eigenvalue weighted by molar-refractivity contribution is 7.53. The van der Waals surface area contributed by atoms with Crippen LogP contribution in [0.3, 0.4) is 0 Å². The maximum Gasteiger partial charge on any atom is 0.346 e. The zero-order valence-corrected chi connectivity index (χ0v) is 14.0. The molecule has 0 aromatic heterocycles. The summed E-state index contributed by atoms with van der Waals surface area (Å²) in [7, 11) is -9.90. The normalized spacial score (nSPS) is 17.1. The Labute approximate surface area is 128 Å². The topological polar surface area (TPSA) is 156 Å². The van der Waals surface area contributed by atoms with Crippen molar-refractivity contribution in [2.45, 2.75) is 31.5 Å². The number of hydrogen-bond donors (Lipinski definition) is 5. The smallest absolute Gasteiger partial charge is 0.346 e. The van der Waals surface area contributed by atoms with E-state index in [0.717, 1.165) is 12.2 Å². The molecule has 0 aliphatic rings. The predicted molar refractivity (Wildman–Crippen MR) is 80.2 cm³/mol. The number of carbonyl (C=O) groups is 1. The van der Waals surface area contributed by atoms with Gasteiger partial charge in [-0.25, -0.2) is 0 Å². The molecule has 128 valence electrons. The highest BCUT2D eigenvalue weighted by Gasteiger charge is 2.48. The summed E-state index contributed by atoms with van der Waals surface area (Å²) in [6.07, 6.45) is 1.54. The molecule has 0 aromatic rings. The van der Waals surface area contributed by atoms with Crippen LogP contribution < -0.4 is 0 Å². The molecule has 0 radical (unpaired) electrons. The van der Waals surface area contributed by atoms with Gasteiger partial charge in [-0.15, -0.1) is 13.2 Å². The van der Waals surface area contributed by atoms with Crippen LogP contribution in [0.1, 0.15) is 13.8 Å². The minimum absolute atomic E-state index is 0.564. The van der Waals surface area contributed by atoms with Crippen LogP contribution in [0.25, 0.3) is 0 Å². The van der Waals surface area contributed by atoms with Crippen molar-refractivity contribution in [3.63, 3.8) is 0 Å². The molecule has 0 spiro atoms. The summed E-state index contributed by atoms with van der Waals surface area (Å²) in [6, 6.07) is -1.56. The molecule has 3 unspecified atom stereocenters. The van der Waals surface area contributed by atoms with E-state index in [0.29, 0.717) is 4.90 Å². The molecule has 22 heavy (non-hydrogen) atoms. The SMILES string of the molecule is C=CC(N(C(C(=O)O)C(C)C)C(C=C)P(=O)(O)O)P(=O)(O)O. The summed E-state index contributed by atoms with van der Waals surface area (Å²) in [5.74, 6) is -5.94. The van der Waals surface area contributed by atoms with E-state index >= 15 is 0 Å². The maximum absolute atomic E-state index is 11.6. The van der Waals surface area contributed by atoms with Crippen molar-refractivity contribution in [1.29, 1.82) is 0 Å².